The van der Waals surface area contributed by atoms with Crippen LogP contribution in [0.4, 0.5) is 0 Å². The van der Waals surface area contributed by atoms with Crippen molar-refractivity contribution in [2.45, 2.75) is 39.7 Å². The van der Waals surface area contributed by atoms with Gasteiger partial charge in [-0.2, -0.15) is 0 Å². The lowest BCUT2D eigenvalue weighted by molar-refractivity contribution is -0.140. The summed E-state index contributed by atoms with van der Waals surface area (Å²) in [6, 6.07) is 0.544. The van der Waals surface area contributed by atoms with Gasteiger partial charge in [-0.1, -0.05) is 19.1 Å². The Morgan fingerprint density at radius 1 is 1.21 bits per heavy atom. The molecule has 1 heterocycles. The van der Waals surface area contributed by atoms with E-state index in [0.717, 1.165) is 31.9 Å². The van der Waals surface area contributed by atoms with Crippen LogP contribution in [-0.4, -0.2) is 73.4 Å². The van der Waals surface area contributed by atoms with E-state index in [2.05, 4.69) is 53.6 Å². The topological polar surface area (TPSA) is 77.0 Å². The van der Waals surface area contributed by atoms with Gasteiger partial charge in [-0.15, -0.1) is 24.0 Å². The number of carbonyl (C=O) groups excluding carboxylic acids is 2. The van der Waals surface area contributed by atoms with Gasteiger partial charge in [0.25, 0.3) is 0 Å². The largest absolute Gasteiger partial charge is 0.357 e. The molecule has 7 nitrogen and oxygen atoms in total. The number of imide groups is 1. The number of guanidine groups is 1. The average Bonchev–Trinajstić information content (AvgIpc) is 3.36. The molecule has 2 bridgehead atoms. The minimum Gasteiger partial charge on any atom is -0.357 e. The van der Waals surface area contributed by atoms with Gasteiger partial charge in [-0.3, -0.25) is 19.5 Å². The van der Waals surface area contributed by atoms with E-state index in [1.165, 1.54) is 4.90 Å². The first-order valence-electron chi connectivity index (χ1n) is 10.7. The molecule has 164 valence electrons. The van der Waals surface area contributed by atoms with Crippen LogP contribution in [0.2, 0.25) is 0 Å². The zero-order valence-corrected chi connectivity index (χ0v) is 20.4. The van der Waals surface area contributed by atoms with Gasteiger partial charge in [-0.05, 0) is 45.6 Å². The maximum atomic E-state index is 12.7. The fourth-order valence-corrected chi connectivity index (χ4v) is 4.66. The van der Waals surface area contributed by atoms with E-state index in [4.69, 9.17) is 0 Å². The molecule has 1 saturated heterocycles. The van der Waals surface area contributed by atoms with Gasteiger partial charge < -0.3 is 15.5 Å². The Balaban J connectivity index is 0.00000300. The molecule has 1 saturated carbocycles. The van der Waals surface area contributed by atoms with Crippen molar-refractivity contribution in [3.63, 3.8) is 0 Å². The van der Waals surface area contributed by atoms with Crippen molar-refractivity contribution < 1.29 is 9.59 Å². The molecular formula is C21H36IN5O2. The summed E-state index contributed by atoms with van der Waals surface area (Å²) in [5, 5.41) is 6.50. The first kappa shape index (κ1) is 24.1. The van der Waals surface area contributed by atoms with E-state index in [9.17, 15) is 9.59 Å². The molecule has 0 aromatic heterocycles. The van der Waals surface area contributed by atoms with Crippen molar-refractivity contribution in [2.24, 2.45) is 28.7 Å². The predicted molar refractivity (Wildman–Crippen MR) is 126 cm³/mol. The number of hydrogen-bond acceptors (Lipinski definition) is 4. The number of likely N-dealkylation sites (N-methyl/N-ethyl adjacent to an activating group) is 1. The molecule has 29 heavy (non-hydrogen) atoms. The number of nitrogens with one attached hydrogen (secondary N) is 2. The minimum absolute atomic E-state index is 0. The molecule has 5 unspecified atom stereocenters. The van der Waals surface area contributed by atoms with Crippen LogP contribution in [0, 0.1) is 23.7 Å². The van der Waals surface area contributed by atoms with Crippen LogP contribution < -0.4 is 10.6 Å². The van der Waals surface area contributed by atoms with Gasteiger partial charge >= 0.3 is 0 Å². The number of rotatable bonds is 9. The van der Waals surface area contributed by atoms with E-state index in [0.29, 0.717) is 25.7 Å². The molecule has 0 spiro atoms. The quantitative estimate of drug-likeness (QED) is 0.160. The zero-order chi connectivity index (χ0) is 20.3. The molecule has 0 aromatic rings. The van der Waals surface area contributed by atoms with Crippen LogP contribution in [0.25, 0.3) is 0 Å². The summed E-state index contributed by atoms with van der Waals surface area (Å²) in [4.78, 5) is 33.8. The summed E-state index contributed by atoms with van der Waals surface area (Å²) in [7, 11) is 2.12. The molecule has 2 N–H and O–H groups in total. The minimum atomic E-state index is -0.111. The monoisotopic (exact) mass is 517 g/mol. The molecule has 0 aromatic carbocycles. The van der Waals surface area contributed by atoms with Crippen molar-refractivity contribution in [3.8, 4) is 0 Å². The maximum absolute atomic E-state index is 12.7. The van der Waals surface area contributed by atoms with Crippen molar-refractivity contribution >= 4 is 41.8 Å². The summed E-state index contributed by atoms with van der Waals surface area (Å²) in [5.74, 6) is 1.09. The van der Waals surface area contributed by atoms with Crippen LogP contribution in [0.15, 0.2) is 17.1 Å². The first-order valence-corrected chi connectivity index (χ1v) is 10.7. The van der Waals surface area contributed by atoms with Crippen LogP contribution in [-0.2, 0) is 9.59 Å². The molecule has 2 fully saturated rings. The average molecular weight is 517 g/mol. The van der Waals surface area contributed by atoms with E-state index in [-0.39, 0.29) is 59.5 Å². The Hall–Kier alpha value is -1.16. The zero-order valence-electron chi connectivity index (χ0n) is 18.1. The smallest absolute Gasteiger partial charge is 0.233 e. The maximum Gasteiger partial charge on any atom is 0.233 e. The Kier molecular flexibility index (Phi) is 8.93. The second-order valence-corrected chi connectivity index (χ2v) is 8.25. The van der Waals surface area contributed by atoms with Gasteiger partial charge in [0.1, 0.15) is 0 Å². The number of allylic oxidation sites excluding steroid dienone is 2. The molecular weight excluding hydrogens is 481 g/mol. The van der Waals surface area contributed by atoms with E-state index >= 15 is 0 Å². The van der Waals surface area contributed by atoms with Crippen molar-refractivity contribution in [3.05, 3.63) is 12.2 Å². The Morgan fingerprint density at radius 3 is 2.38 bits per heavy atom. The fourth-order valence-electron chi connectivity index (χ4n) is 4.66. The number of aliphatic imine (C=N–C) groups is 1. The van der Waals surface area contributed by atoms with Crippen LogP contribution >= 0.6 is 24.0 Å². The third kappa shape index (κ3) is 5.13. The molecule has 5 atom stereocenters. The third-order valence-electron chi connectivity index (χ3n) is 6.60. The molecule has 1 aliphatic heterocycles. The van der Waals surface area contributed by atoms with Crippen LogP contribution in [0.3, 0.4) is 0 Å². The summed E-state index contributed by atoms with van der Waals surface area (Å²) >= 11 is 0. The number of halogens is 1. The molecule has 3 aliphatic rings. The standard InChI is InChI=1S/C21H35N5O2.HI/c1-5-14(3)25(4)11-9-23-21(22-6-2)24-10-12-26-19(27)17-15-7-8-16(13-15)18(17)20(26)28;/h7-8,14-18H,5-6,9-13H2,1-4H3,(H2,22,23,24);1H. The molecule has 2 aliphatic carbocycles. The third-order valence-corrected chi connectivity index (χ3v) is 6.60. The van der Waals surface area contributed by atoms with Gasteiger partial charge in [-0.25, -0.2) is 0 Å². The summed E-state index contributed by atoms with van der Waals surface area (Å²) in [6.45, 7) is 9.73. The van der Waals surface area contributed by atoms with E-state index in [1.807, 2.05) is 6.92 Å². The molecule has 3 rings (SSSR count). The number of fused-ring (bicyclic) bond motifs is 5. The molecule has 2 amide bonds. The SMILES string of the molecule is CCNC(=NCCN(C)C(C)CC)NCCN1C(=O)C2C3C=CC(C3)C2C1=O.I. The van der Waals surface area contributed by atoms with Gasteiger partial charge in [0, 0.05) is 32.2 Å². The lowest BCUT2D eigenvalue weighted by atomic mass is 9.85. The van der Waals surface area contributed by atoms with E-state index in [1.54, 1.807) is 0 Å². The highest BCUT2D eigenvalue weighted by molar-refractivity contribution is 14.0. The number of likely N-dealkylation sites (tertiary alicyclic amines) is 1. The first-order chi connectivity index (χ1) is 13.5. The second kappa shape index (κ2) is 10.7. The lowest BCUT2D eigenvalue weighted by Crippen LogP contribution is -2.44. The second-order valence-electron chi connectivity index (χ2n) is 8.25. The number of carbonyl (C=O) groups is 2. The highest BCUT2D eigenvalue weighted by Crippen LogP contribution is 2.52. The highest BCUT2D eigenvalue weighted by Gasteiger charge is 2.58. The van der Waals surface area contributed by atoms with Crippen molar-refractivity contribution in [1.82, 2.24) is 20.4 Å². The van der Waals surface area contributed by atoms with Gasteiger partial charge in [0.15, 0.2) is 5.96 Å². The van der Waals surface area contributed by atoms with Crippen molar-refractivity contribution in [1.29, 1.82) is 0 Å². The fraction of sp³-hybridized carbons (Fsp3) is 0.762. The number of hydrogen-bond donors (Lipinski definition) is 2. The normalized spacial score (nSPS) is 28.7. The Morgan fingerprint density at radius 2 is 1.83 bits per heavy atom. The molecule has 8 heteroatoms. The molecule has 0 radical (unpaired) electrons. The van der Waals surface area contributed by atoms with E-state index < -0.39 is 0 Å². The summed E-state index contributed by atoms with van der Waals surface area (Å²) < 4.78 is 0. The Bertz CT molecular complexity index is 623. The van der Waals surface area contributed by atoms with Gasteiger partial charge in [0.05, 0.1) is 18.4 Å². The highest BCUT2D eigenvalue weighted by atomic mass is 127. The summed E-state index contributed by atoms with van der Waals surface area (Å²) in [6.07, 6.45) is 6.35. The number of amides is 2. The van der Waals surface area contributed by atoms with Crippen molar-refractivity contribution in [2.75, 3.05) is 39.8 Å². The Labute approximate surface area is 191 Å². The predicted octanol–water partition coefficient (Wildman–Crippen LogP) is 1.70. The summed E-state index contributed by atoms with van der Waals surface area (Å²) in [5.41, 5.74) is 0. The number of nitrogens with zero attached hydrogens (tertiary/aromatic N) is 3. The van der Waals surface area contributed by atoms with Crippen LogP contribution in [0.5, 0.6) is 0 Å². The lowest BCUT2D eigenvalue weighted by Gasteiger charge is -2.22. The van der Waals surface area contributed by atoms with Crippen LogP contribution in [0.1, 0.15) is 33.6 Å². The van der Waals surface area contributed by atoms with Gasteiger partial charge in [0.2, 0.25) is 11.8 Å².